The van der Waals surface area contributed by atoms with Crippen LogP contribution in [0.5, 0.6) is 5.75 Å². The summed E-state index contributed by atoms with van der Waals surface area (Å²) in [6, 6.07) is 4.05. The molecule has 1 saturated heterocycles. The summed E-state index contributed by atoms with van der Waals surface area (Å²) in [5, 5.41) is 12.9. The number of halogens is 5. The maximum Gasteiger partial charge on any atom is 0.271 e. The summed E-state index contributed by atoms with van der Waals surface area (Å²) in [6.07, 6.45) is 0. The minimum atomic E-state index is -1.91. The Labute approximate surface area is 194 Å². The lowest BCUT2D eigenvalue weighted by atomic mass is 10.1. The smallest absolute Gasteiger partial charge is 0.271 e. The second-order valence-corrected chi connectivity index (χ2v) is 7.58. The van der Waals surface area contributed by atoms with E-state index in [2.05, 4.69) is 10.1 Å². The van der Waals surface area contributed by atoms with E-state index in [0.29, 0.717) is 18.8 Å². The Bertz CT molecular complexity index is 1120. The number of nitrogens with zero attached hydrogens (tertiary/aromatic N) is 3. The highest BCUT2D eigenvalue weighted by molar-refractivity contribution is 7.80. The van der Waals surface area contributed by atoms with Crippen molar-refractivity contribution in [2.75, 3.05) is 38.2 Å². The minimum absolute atomic E-state index is 0.155. The first kappa shape index (κ1) is 24.5. The third-order valence-corrected chi connectivity index (χ3v) is 5.59. The van der Waals surface area contributed by atoms with Crippen LogP contribution in [-0.2, 0) is 0 Å². The van der Waals surface area contributed by atoms with Gasteiger partial charge in [0.1, 0.15) is 5.56 Å². The van der Waals surface area contributed by atoms with Crippen LogP contribution in [0.1, 0.15) is 10.4 Å². The Balaban J connectivity index is 1.68. The molecule has 3 rings (SSSR count). The summed E-state index contributed by atoms with van der Waals surface area (Å²) in [5.41, 5.74) is -1.06. The number of non-ortho nitro benzene ring substituents is 1. The summed E-state index contributed by atoms with van der Waals surface area (Å²) in [7, 11) is 0.818. The normalized spacial score (nSPS) is 13.6. The van der Waals surface area contributed by atoms with E-state index in [4.69, 9.17) is 23.8 Å². The van der Waals surface area contributed by atoms with Crippen molar-refractivity contribution in [2.24, 2.45) is 0 Å². The summed E-state index contributed by atoms with van der Waals surface area (Å²) in [4.78, 5) is 25.9. The molecule has 14 heteroatoms. The number of benzene rings is 2. The van der Waals surface area contributed by atoms with Gasteiger partial charge in [0.25, 0.3) is 11.6 Å². The molecule has 1 heterocycles. The van der Waals surface area contributed by atoms with E-state index in [1.807, 2.05) is 4.90 Å². The summed E-state index contributed by atoms with van der Waals surface area (Å²) < 4.78 is 60.3. The number of anilines is 1. The number of nitro groups is 1. The van der Waals surface area contributed by atoms with Crippen LogP contribution >= 0.6 is 23.8 Å². The SMILES string of the molecule is COc1c(F)c(F)c(C(=O)NC(=S)N2CCN(c3ccc([N+](=O)[O-])cc3Cl)CC2)c(F)c1F. The first-order valence-electron chi connectivity index (χ1n) is 9.25. The molecule has 0 bridgehead atoms. The van der Waals surface area contributed by atoms with Gasteiger partial charge in [-0.15, -0.1) is 0 Å². The van der Waals surface area contributed by atoms with Crippen molar-refractivity contribution in [3.8, 4) is 5.75 Å². The quantitative estimate of drug-likeness (QED) is 0.223. The van der Waals surface area contributed by atoms with E-state index in [0.717, 1.165) is 7.11 Å². The zero-order valence-electron chi connectivity index (χ0n) is 16.8. The number of piperazine rings is 1. The van der Waals surface area contributed by atoms with Gasteiger partial charge in [-0.2, -0.15) is 8.78 Å². The molecular formula is C19H15ClF4N4O4S. The van der Waals surface area contributed by atoms with Gasteiger partial charge < -0.3 is 14.5 Å². The molecular weight excluding hydrogens is 492 g/mol. The number of carbonyl (C=O) groups is 1. The maximum atomic E-state index is 14.1. The fourth-order valence-corrected chi connectivity index (χ4v) is 3.81. The molecule has 0 unspecified atom stereocenters. The van der Waals surface area contributed by atoms with Crippen LogP contribution in [0.4, 0.5) is 28.9 Å². The highest BCUT2D eigenvalue weighted by atomic mass is 35.5. The van der Waals surface area contributed by atoms with Gasteiger partial charge in [-0.25, -0.2) is 8.78 Å². The third kappa shape index (κ3) is 4.78. The fraction of sp³-hybridized carbons (Fsp3) is 0.263. The number of ether oxygens (including phenoxy) is 1. The summed E-state index contributed by atoms with van der Waals surface area (Å²) >= 11 is 11.2. The third-order valence-electron chi connectivity index (χ3n) is 4.92. The van der Waals surface area contributed by atoms with Crippen LogP contribution in [0.15, 0.2) is 18.2 Å². The topological polar surface area (TPSA) is 88.0 Å². The predicted molar refractivity (Wildman–Crippen MR) is 115 cm³/mol. The maximum absolute atomic E-state index is 14.1. The first-order valence-corrected chi connectivity index (χ1v) is 10.0. The average molecular weight is 507 g/mol. The first-order chi connectivity index (χ1) is 15.6. The number of carbonyl (C=O) groups excluding carboxylic acids is 1. The molecule has 1 amide bonds. The van der Waals surface area contributed by atoms with Gasteiger partial charge in [-0.1, -0.05) is 11.6 Å². The molecule has 2 aromatic rings. The number of nitro benzene ring substituents is 1. The van der Waals surface area contributed by atoms with E-state index >= 15 is 0 Å². The van der Waals surface area contributed by atoms with Crippen LogP contribution in [-0.4, -0.2) is 54.1 Å². The van der Waals surface area contributed by atoms with Gasteiger partial charge in [0.05, 0.1) is 22.7 Å². The van der Waals surface area contributed by atoms with E-state index in [9.17, 15) is 32.5 Å². The second kappa shape index (κ2) is 9.75. The molecule has 8 nitrogen and oxygen atoms in total. The lowest BCUT2D eigenvalue weighted by Crippen LogP contribution is -2.53. The summed E-state index contributed by atoms with van der Waals surface area (Å²) in [6.45, 7) is 1.20. The molecule has 1 fully saturated rings. The Hall–Kier alpha value is -3.19. The molecule has 0 spiro atoms. The Morgan fingerprint density at radius 1 is 1.12 bits per heavy atom. The number of hydrogen-bond donors (Lipinski definition) is 1. The zero-order valence-corrected chi connectivity index (χ0v) is 18.4. The monoisotopic (exact) mass is 506 g/mol. The molecule has 33 heavy (non-hydrogen) atoms. The van der Waals surface area contributed by atoms with Gasteiger partial charge in [0.2, 0.25) is 11.6 Å². The van der Waals surface area contributed by atoms with Gasteiger partial charge in [0, 0.05) is 38.3 Å². The zero-order chi connectivity index (χ0) is 24.4. The van der Waals surface area contributed by atoms with E-state index < -0.39 is 45.4 Å². The number of hydrogen-bond acceptors (Lipinski definition) is 6. The standard InChI is InChI=1S/C19H15ClF4N4O4S/c1-32-17-15(23)13(21)12(14(22)16(17)24)18(29)25-19(33)27-6-4-26(5-7-27)11-3-2-9(28(30)31)8-10(11)20/h2-3,8H,4-7H2,1H3,(H,25,29,33). The van der Waals surface area contributed by atoms with Crippen LogP contribution in [0, 0.1) is 33.4 Å². The Morgan fingerprint density at radius 2 is 1.70 bits per heavy atom. The minimum Gasteiger partial charge on any atom is -0.491 e. The molecule has 176 valence electrons. The van der Waals surface area contributed by atoms with Crippen molar-refractivity contribution in [1.29, 1.82) is 0 Å². The highest BCUT2D eigenvalue weighted by Gasteiger charge is 2.31. The van der Waals surface area contributed by atoms with Crippen LogP contribution in [0.3, 0.4) is 0 Å². The van der Waals surface area contributed by atoms with Gasteiger partial charge >= 0.3 is 0 Å². The van der Waals surface area contributed by atoms with Crippen molar-refractivity contribution >= 4 is 46.2 Å². The van der Waals surface area contributed by atoms with E-state index in [-0.39, 0.29) is 28.9 Å². The molecule has 0 saturated carbocycles. The molecule has 0 atom stereocenters. The number of amides is 1. The number of rotatable bonds is 4. The second-order valence-electron chi connectivity index (χ2n) is 6.79. The lowest BCUT2D eigenvalue weighted by molar-refractivity contribution is -0.384. The molecule has 0 radical (unpaired) electrons. The van der Waals surface area contributed by atoms with E-state index in [1.54, 1.807) is 0 Å². The van der Waals surface area contributed by atoms with Gasteiger partial charge in [-0.3, -0.25) is 20.2 Å². The molecule has 1 N–H and O–H groups in total. The Kier molecular flexibility index (Phi) is 7.22. The molecule has 1 aliphatic rings. The largest absolute Gasteiger partial charge is 0.491 e. The molecule has 1 aliphatic heterocycles. The Morgan fingerprint density at radius 3 is 2.18 bits per heavy atom. The van der Waals surface area contributed by atoms with E-state index in [1.165, 1.54) is 23.1 Å². The van der Waals surface area contributed by atoms with Crippen LogP contribution < -0.4 is 15.0 Å². The number of thiocarbonyl (C=S) groups is 1. The lowest BCUT2D eigenvalue weighted by Gasteiger charge is -2.37. The van der Waals surface area contributed by atoms with Crippen molar-refractivity contribution in [3.63, 3.8) is 0 Å². The van der Waals surface area contributed by atoms with Gasteiger partial charge in [0.15, 0.2) is 22.5 Å². The molecule has 0 aliphatic carbocycles. The van der Waals surface area contributed by atoms with Crippen molar-refractivity contribution in [2.45, 2.75) is 0 Å². The van der Waals surface area contributed by atoms with Crippen LogP contribution in [0.25, 0.3) is 0 Å². The summed E-state index contributed by atoms with van der Waals surface area (Å²) in [5.74, 6) is -10.3. The fourth-order valence-electron chi connectivity index (χ4n) is 3.25. The predicted octanol–water partition coefficient (Wildman–Crippen LogP) is 3.65. The molecule has 2 aromatic carbocycles. The molecule has 0 aromatic heterocycles. The average Bonchev–Trinajstić information content (AvgIpc) is 2.78. The van der Waals surface area contributed by atoms with Crippen molar-refractivity contribution < 1.29 is 32.0 Å². The van der Waals surface area contributed by atoms with Gasteiger partial charge in [-0.05, 0) is 18.3 Å². The number of nitrogens with one attached hydrogen (secondary N) is 1. The van der Waals surface area contributed by atoms with Crippen molar-refractivity contribution in [3.05, 3.63) is 62.2 Å². The highest BCUT2D eigenvalue weighted by Crippen LogP contribution is 2.31. The number of methoxy groups -OCH3 is 1. The van der Waals surface area contributed by atoms with Crippen LogP contribution in [0.2, 0.25) is 5.02 Å². The van der Waals surface area contributed by atoms with Crippen molar-refractivity contribution in [1.82, 2.24) is 10.2 Å².